The number of aromatic amines is 1. The topological polar surface area (TPSA) is 88.0 Å². The van der Waals surface area contributed by atoms with Crippen LogP contribution in [0.2, 0.25) is 0 Å². The lowest BCUT2D eigenvalue weighted by Crippen LogP contribution is -2.21. The van der Waals surface area contributed by atoms with Gasteiger partial charge in [-0.05, 0) is 18.6 Å². The van der Waals surface area contributed by atoms with E-state index in [1.165, 1.54) is 11.3 Å². The number of H-pyrrole nitrogens is 1. The molecule has 0 radical (unpaired) electrons. The molecule has 0 aliphatic rings. The van der Waals surface area contributed by atoms with E-state index in [9.17, 15) is 9.59 Å². The summed E-state index contributed by atoms with van der Waals surface area (Å²) >= 11 is 1.49. The Hall–Kier alpha value is -2.41. The van der Waals surface area contributed by atoms with Crippen molar-refractivity contribution in [2.24, 2.45) is 0 Å². The normalized spacial score (nSPS) is 11.0. The van der Waals surface area contributed by atoms with E-state index in [1.54, 1.807) is 12.1 Å². The molecule has 1 aromatic carbocycles. The van der Waals surface area contributed by atoms with Crippen LogP contribution in [0, 0.1) is 0 Å². The standard InChI is InChI=1S/C15H15N3O3S/c1-2-3-13(19)16-7-14-17-11(8-22-14)9-4-5-10-12(6-9)21-15(20)18-10/h4-6,8H,2-3,7H2,1H3,(H,16,19)(H,18,20). The molecule has 22 heavy (non-hydrogen) atoms. The number of carbonyl (C=O) groups excluding carboxylic acids is 1. The molecule has 3 aromatic rings. The molecule has 0 saturated heterocycles. The molecule has 0 atom stereocenters. The lowest BCUT2D eigenvalue weighted by atomic mass is 10.1. The first-order chi connectivity index (χ1) is 10.7. The maximum Gasteiger partial charge on any atom is 0.417 e. The lowest BCUT2D eigenvalue weighted by Gasteiger charge is -2.00. The fourth-order valence-electron chi connectivity index (χ4n) is 2.12. The number of fused-ring (bicyclic) bond motifs is 1. The van der Waals surface area contributed by atoms with Crippen LogP contribution in [-0.2, 0) is 11.3 Å². The summed E-state index contributed by atoms with van der Waals surface area (Å²) in [5, 5.41) is 5.61. The molecule has 0 fully saturated rings. The van der Waals surface area contributed by atoms with Crippen LogP contribution >= 0.6 is 11.3 Å². The van der Waals surface area contributed by atoms with E-state index in [0.29, 0.717) is 24.1 Å². The van der Waals surface area contributed by atoms with Gasteiger partial charge in [0, 0.05) is 17.4 Å². The molecular formula is C15H15N3O3S. The molecule has 114 valence electrons. The summed E-state index contributed by atoms with van der Waals surface area (Å²) in [6.45, 7) is 2.40. The maximum atomic E-state index is 11.5. The second-order valence-electron chi connectivity index (χ2n) is 4.88. The van der Waals surface area contributed by atoms with Crippen LogP contribution < -0.4 is 11.1 Å². The number of hydrogen-bond acceptors (Lipinski definition) is 5. The maximum absolute atomic E-state index is 11.5. The van der Waals surface area contributed by atoms with E-state index in [0.717, 1.165) is 22.7 Å². The fourth-order valence-corrected chi connectivity index (χ4v) is 2.86. The number of rotatable bonds is 5. The summed E-state index contributed by atoms with van der Waals surface area (Å²) in [6.07, 6.45) is 1.36. The van der Waals surface area contributed by atoms with E-state index in [4.69, 9.17) is 4.42 Å². The van der Waals surface area contributed by atoms with E-state index in [1.807, 2.05) is 18.4 Å². The van der Waals surface area contributed by atoms with E-state index in [2.05, 4.69) is 15.3 Å². The van der Waals surface area contributed by atoms with Gasteiger partial charge in [-0.2, -0.15) is 0 Å². The number of nitrogens with zero attached hydrogens (tertiary/aromatic N) is 1. The first kappa shape index (κ1) is 14.5. The number of aromatic nitrogens is 2. The number of amides is 1. The monoisotopic (exact) mass is 317 g/mol. The smallest absolute Gasteiger partial charge is 0.408 e. The van der Waals surface area contributed by atoms with E-state index in [-0.39, 0.29) is 5.91 Å². The highest BCUT2D eigenvalue weighted by molar-refractivity contribution is 7.09. The first-order valence-electron chi connectivity index (χ1n) is 7.00. The van der Waals surface area contributed by atoms with Gasteiger partial charge in [-0.15, -0.1) is 11.3 Å². The largest absolute Gasteiger partial charge is 0.417 e. The molecule has 2 aromatic heterocycles. The summed E-state index contributed by atoms with van der Waals surface area (Å²) in [5.74, 6) is -0.431. The molecule has 7 heteroatoms. The summed E-state index contributed by atoms with van der Waals surface area (Å²) in [4.78, 5) is 29.7. The number of benzene rings is 1. The zero-order valence-corrected chi connectivity index (χ0v) is 12.8. The second kappa shape index (κ2) is 6.15. The van der Waals surface area contributed by atoms with Crippen molar-refractivity contribution in [3.8, 4) is 11.3 Å². The Bertz CT molecular complexity index is 862. The molecule has 2 heterocycles. The van der Waals surface area contributed by atoms with Crippen molar-refractivity contribution < 1.29 is 9.21 Å². The fraction of sp³-hybridized carbons (Fsp3) is 0.267. The average Bonchev–Trinajstić information content (AvgIpc) is 3.09. The lowest BCUT2D eigenvalue weighted by molar-refractivity contribution is -0.121. The van der Waals surface area contributed by atoms with Gasteiger partial charge in [0.1, 0.15) is 5.01 Å². The summed E-state index contributed by atoms with van der Waals surface area (Å²) in [6, 6.07) is 5.45. The molecule has 0 aliphatic carbocycles. The highest BCUT2D eigenvalue weighted by Gasteiger charge is 2.08. The third kappa shape index (κ3) is 3.09. The molecule has 0 unspecified atom stereocenters. The predicted octanol–water partition coefficient (Wildman–Crippen LogP) is 2.66. The van der Waals surface area contributed by atoms with Crippen molar-refractivity contribution in [2.45, 2.75) is 26.3 Å². The number of hydrogen-bond donors (Lipinski definition) is 2. The Morgan fingerprint density at radius 2 is 2.32 bits per heavy atom. The van der Waals surface area contributed by atoms with Gasteiger partial charge in [0.15, 0.2) is 5.58 Å². The molecule has 0 saturated carbocycles. The SMILES string of the molecule is CCCC(=O)NCc1nc(-c2ccc3[nH]c(=O)oc3c2)cs1. The predicted molar refractivity (Wildman–Crippen MR) is 84.7 cm³/mol. The van der Waals surface area contributed by atoms with E-state index < -0.39 is 5.76 Å². The number of carbonyl (C=O) groups is 1. The van der Waals surface area contributed by atoms with Gasteiger partial charge in [0.25, 0.3) is 0 Å². The van der Waals surface area contributed by atoms with Gasteiger partial charge < -0.3 is 9.73 Å². The van der Waals surface area contributed by atoms with Gasteiger partial charge in [-0.3, -0.25) is 9.78 Å². The minimum Gasteiger partial charge on any atom is -0.408 e. The molecule has 0 bridgehead atoms. The summed E-state index contributed by atoms with van der Waals surface area (Å²) in [7, 11) is 0. The Labute approximate surface area is 130 Å². The molecule has 2 N–H and O–H groups in total. The van der Waals surface area contributed by atoms with Crippen molar-refractivity contribution >= 4 is 28.3 Å². The van der Waals surface area contributed by atoms with Crippen molar-refractivity contribution in [1.82, 2.24) is 15.3 Å². The van der Waals surface area contributed by atoms with Crippen LogP contribution in [0.15, 0.2) is 32.8 Å². The van der Waals surface area contributed by atoms with Crippen molar-refractivity contribution in [3.63, 3.8) is 0 Å². The highest BCUT2D eigenvalue weighted by atomic mass is 32.1. The van der Waals surface area contributed by atoms with Crippen molar-refractivity contribution in [2.75, 3.05) is 0 Å². The van der Waals surface area contributed by atoms with E-state index >= 15 is 0 Å². The Morgan fingerprint density at radius 3 is 3.14 bits per heavy atom. The molecule has 1 amide bonds. The summed E-state index contributed by atoms with van der Waals surface area (Å²) < 4.78 is 5.05. The zero-order chi connectivity index (χ0) is 15.5. The second-order valence-corrected chi connectivity index (χ2v) is 5.82. The van der Waals surface area contributed by atoms with Crippen LogP contribution in [-0.4, -0.2) is 15.9 Å². The molecule has 0 aliphatic heterocycles. The van der Waals surface area contributed by atoms with Gasteiger partial charge >= 0.3 is 5.76 Å². The van der Waals surface area contributed by atoms with Gasteiger partial charge in [0.2, 0.25) is 5.91 Å². The Kier molecular flexibility index (Phi) is 4.06. The Balaban J connectivity index is 1.76. The van der Waals surface area contributed by atoms with Crippen LogP contribution in [0.5, 0.6) is 0 Å². The number of thiazole rings is 1. The van der Waals surface area contributed by atoms with Crippen molar-refractivity contribution in [1.29, 1.82) is 0 Å². The zero-order valence-electron chi connectivity index (χ0n) is 12.0. The highest BCUT2D eigenvalue weighted by Crippen LogP contribution is 2.24. The average molecular weight is 317 g/mol. The summed E-state index contributed by atoms with van der Waals surface area (Å²) in [5.41, 5.74) is 2.84. The van der Waals surface area contributed by atoms with Crippen LogP contribution in [0.25, 0.3) is 22.4 Å². The van der Waals surface area contributed by atoms with Crippen molar-refractivity contribution in [3.05, 3.63) is 39.1 Å². The van der Waals surface area contributed by atoms with Crippen LogP contribution in [0.1, 0.15) is 24.8 Å². The molecule has 0 spiro atoms. The third-order valence-electron chi connectivity index (χ3n) is 3.18. The number of oxazole rings is 1. The molecule has 3 rings (SSSR count). The van der Waals surface area contributed by atoms with Crippen LogP contribution in [0.3, 0.4) is 0 Å². The van der Waals surface area contributed by atoms with Crippen LogP contribution in [0.4, 0.5) is 0 Å². The molecular weight excluding hydrogens is 302 g/mol. The minimum atomic E-state index is -0.468. The molecule has 6 nitrogen and oxygen atoms in total. The quantitative estimate of drug-likeness (QED) is 0.757. The van der Waals surface area contributed by atoms with Gasteiger partial charge in [0.05, 0.1) is 17.8 Å². The Morgan fingerprint density at radius 1 is 1.45 bits per heavy atom. The van der Waals surface area contributed by atoms with Gasteiger partial charge in [-0.1, -0.05) is 13.0 Å². The first-order valence-corrected chi connectivity index (χ1v) is 7.88. The third-order valence-corrected chi connectivity index (χ3v) is 4.03. The minimum absolute atomic E-state index is 0.0368. The number of nitrogens with one attached hydrogen (secondary N) is 2. The van der Waals surface area contributed by atoms with Gasteiger partial charge in [-0.25, -0.2) is 9.78 Å².